The normalized spacial score (nSPS) is 13.2. The predicted molar refractivity (Wildman–Crippen MR) is 261 cm³/mol. The van der Waals surface area contributed by atoms with Crippen LogP contribution in [0.4, 0.5) is 0 Å². The molecule has 0 saturated carbocycles. The molecule has 0 aliphatic carbocycles. The van der Waals surface area contributed by atoms with Gasteiger partial charge in [0.15, 0.2) is 12.1 Å². The van der Waals surface area contributed by atoms with Crippen molar-refractivity contribution in [1.29, 1.82) is 0 Å². The number of rotatable bonds is 46. The van der Waals surface area contributed by atoms with E-state index in [2.05, 4.69) is 62.5 Å². The summed E-state index contributed by atoms with van der Waals surface area (Å²) in [4.78, 5) is 37.1. The van der Waals surface area contributed by atoms with Gasteiger partial charge in [-0.25, -0.2) is 4.79 Å². The van der Waals surface area contributed by atoms with E-state index in [0.717, 1.165) is 77.0 Å². The van der Waals surface area contributed by atoms with Crippen LogP contribution in [0.25, 0.3) is 0 Å². The number of carboxylic acid groups (broad SMARTS) is 1. The lowest BCUT2D eigenvalue weighted by Gasteiger charge is -2.31. The smallest absolute Gasteiger partial charge is 0.362 e. The molecule has 8 nitrogen and oxygen atoms in total. The van der Waals surface area contributed by atoms with Crippen LogP contribution in [0, 0.1) is 0 Å². The van der Waals surface area contributed by atoms with Crippen LogP contribution in [0.3, 0.4) is 0 Å². The van der Waals surface area contributed by atoms with Gasteiger partial charge >= 0.3 is 17.9 Å². The molecule has 0 aromatic rings. The van der Waals surface area contributed by atoms with Crippen molar-refractivity contribution in [3.8, 4) is 0 Å². The van der Waals surface area contributed by atoms with Crippen LogP contribution >= 0.6 is 0 Å². The van der Waals surface area contributed by atoms with Gasteiger partial charge in [-0.05, 0) is 70.6 Å². The van der Waals surface area contributed by atoms with E-state index in [0.29, 0.717) is 19.3 Å². The highest BCUT2D eigenvalue weighted by Crippen LogP contribution is 2.15. The molecule has 62 heavy (non-hydrogen) atoms. The number of esters is 2. The van der Waals surface area contributed by atoms with Gasteiger partial charge in [-0.1, -0.05) is 184 Å². The third kappa shape index (κ3) is 42.6. The number of carbonyl (C=O) groups is 3. The number of allylic oxidation sites excluding steroid dienone is 8. The molecule has 2 unspecified atom stereocenters. The third-order valence-electron chi connectivity index (χ3n) is 11.5. The molecule has 0 aromatic carbocycles. The summed E-state index contributed by atoms with van der Waals surface area (Å²) in [6.45, 7) is 4.63. The number of carboxylic acids is 1. The molecule has 2 atom stereocenters. The van der Waals surface area contributed by atoms with Crippen molar-refractivity contribution in [2.24, 2.45) is 0 Å². The molecule has 0 fully saturated rings. The summed E-state index contributed by atoms with van der Waals surface area (Å²) < 4.78 is 17.3. The molecule has 0 aliphatic rings. The van der Waals surface area contributed by atoms with Gasteiger partial charge in [0.1, 0.15) is 6.61 Å². The van der Waals surface area contributed by atoms with Crippen molar-refractivity contribution in [2.75, 3.05) is 41.0 Å². The Balaban J connectivity index is 4.20. The lowest BCUT2D eigenvalue weighted by Crippen LogP contribution is -2.50. The molecule has 0 spiro atoms. The lowest BCUT2D eigenvalue weighted by atomic mass is 10.0. The lowest BCUT2D eigenvalue weighted by molar-refractivity contribution is -0.887. The molecule has 0 amide bonds. The number of hydrogen-bond donors (Lipinski definition) is 1. The fraction of sp³-hybridized carbons (Fsp3) is 0.796. The first-order chi connectivity index (χ1) is 30.1. The minimum absolute atomic E-state index is 0.0541. The fourth-order valence-corrected chi connectivity index (χ4v) is 7.51. The standard InChI is InChI=1S/C54H97NO7/c1-6-8-10-12-14-16-18-20-22-23-24-25-26-27-28-29-31-32-34-36-38-40-42-44-52(56)61-49-50(48-60-47-46-51(54(58)59)55(3,4)5)62-53(57)45-43-41-39-37-35-33-30-21-19-17-15-13-11-9-7-2/h9,11,15,17,21,23-24,30,50-51H,6-8,10,12-14,16,18-20,22,25-29,31-49H2,1-5H3/p+1/b11-9-,17-15-,24-23-,30-21-. The summed E-state index contributed by atoms with van der Waals surface area (Å²) in [7, 11) is 5.53. The minimum atomic E-state index is -0.878. The predicted octanol–water partition coefficient (Wildman–Crippen LogP) is 14.8. The summed E-state index contributed by atoms with van der Waals surface area (Å²) >= 11 is 0. The number of aliphatic carboxylic acids is 1. The second-order valence-corrected chi connectivity index (χ2v) is 18.4. The van der Waals surface area contributed by atoms with Crippen LogP contribution in [-0.4, -0.2) is 80.6 Å². The maximum Gasteiger partial charge on any atom is 0.362 e. The molecule has 0 saturated heterocycles. The Morgan fingerprint density at radius 3 is 1.35 bits per heavy atom. The molecular formula is C54H98NO7+. The van der Waals surface area contributed by atoms with E-state index in [1.807, 2.05) is 21.1 Å². The number of likely N-dealkylation sites (N-methyl/N-ethyl adjacent to an activating group) is 1. The van der Waals surface area contributed by atoms with E-state index in [-0.39, 0.29) is 36.2 Å². The number of nitrogens with zero attached hydrogens (tertiary/aromatic N) is 1. The molecule has 0 radical (unpaired) electrons. The Labute approximate surface area is 382 Å². The highest BCUT2D eigenvalue weighted by atomic mass is 16.6. The highest BCUT2D eigenvalue weighted by Gasteiger charge is 2.31. The number of hydrogen-bond acceptors (Lipinski definition) is 6. The topological polar surface area (TPSA) is 99.1 Å². The largest absolute Gasteiger partial charge is 0.477 e. The van der Waals surface area contributed by atoms with Crippen molar-refractivity contribution in [1.82, 2.24) is 0 Å². The van der Waals surface area contributed by atoms with Crippen molar-refractivity contribution >= 4 is 17.9 Å². The molecule has 0 aromatic heterocycles. The zero-order valence-electron chi connectivity index (χ0n) is 41.1. The van der Waals surface area contributed by atoms with Crippen molar-refractivity contribution in [3.05, 3.63) is 48.6 Å². The van der Waals surface area contributed by atoms with Gasteiger partial charge in [0.05, 0.1) is 34.4 Å². The van der Waals surface area contributed by atoms with Gasteiger partial charge in [0, 0.05) is 19.3 Å². The van der Waals surface area contributed by atoms with Crippen LogP contribution in [-0.2, 0) is 28.6 Å². The Morgan fingerprint density at radius 2 is 0.903 bits per heavy atom. The van der Waals surface area contributed by atoms with E-state index in [1.54, 1.807) is 0 Å². The maximum absolute atomic E-state index is 12.8. The molecule has 0 rings (SSSR count). The van der Waals surface area contributed by atoms with Crippen molar-refractivity contribution < 1.29 is 38.2 Å². The average Bonchev–Trinajstić information content (AvgIpc) is 3.23. The van der Waals surface area contributed by atoms with Crippen LogP contribution in [0.15, 0.2) is 48.6 Å². The van der Waals surface area contributed by atoms with E-state index in [4.69, 9.17) is 14.2 Å². The molecule has 1 N–H and O–H groups in total. The van der Waals surface area contributed by atoms with Crippen molar-refractivity contribution in [2.45, 2.75) is 238 Å². The summed E-state index contributed by atoms with van der Waals surface area (Å²) in [5.74, 6) is -1.48. The SMILES string of the molecule is CC/C=C\C/C=C\C/C=C\CCCCCCCC(=O)OC(COCCC(C(=O)O)[N+](C)(C)C)COC(=O)CCCCCCCCCCCCC/C=C\CCCCCCCCCC. The van der Waals surface area contributed by atoms with Gasteiger partial charge in [-0.3, -0.25) is 9.59 Å². The molecule has 360 valence electrons. The summed E-state index contributed by atoms with van der Waals surface area (Å²) in [6, 6.07) is -0.619. The summed E-state index contributed by atoms with van der Waals surface area (Å²) in [6.07, 6.45) is 54.5. The highest BCUT2D eigenvalue weighted by molar-refractivity contribution is 5.72. The first kappa shape index (κ1) is 59.3. The van der Waals surface area contributed by atoms with E-state index in [1.165, 1.54) is 116 Å². The number of unbranched alkanes of at least 4 members (excludes halogenated alkanes) is 24. The number of quaternary nitrogens is 1. The summed E-state index contributed by atoms with van der Waals surface area (Å²) in [5, 5.41) is 9.65. The number of ether oxygens (including phenoxy) is 3. The van der Waals surface area contributed by atoms with Crippen molar-refractivity contribution in [3.63, 3.8) is 0 Å². The number of carbonyl (C=O) groups excluding carboxylic acids is 2. The van der Waals surface area contributed by atoms with Gasteiger partial charge in [-0.2, -0.15) is 0 Å². The van der Waals surface area contributed by atoms with Crippen LogP contribution in [0.5, 0.6) is 0 Å². The van der Waals surface area contributed by atoms with E-state index < -0.39 is 18.1 Å². The Morgan fingerprint density at radius 1 is 0.500 bits per heavy atom. The first-order valence-corrected chi connectivity index (χ1v) is 25.7. The maximum atomic E-state index is 12.8. The Kier molecular flexibility index (Phi) is 42.9. The summed E-state index contributed by atoms with van der Waals surface area (Å²) in [5.41, 5.74) is 0. The van der Waals surface area contributed by atoms with E-state index in [9.17, 15) is 19.5 Å². The Bertz CT molecular complexity index is 1150. The molecular weight excluding hydrogens is 775 g/mol. The van der Waals surface area contributed by atoms with E-state index >= 15 is 0 Å². The minimum Gasteiger partial charge on any atom is -0.477 e. The Hall–Kier alpha value is -2.71. The van der Waals surface area contributed by atoms with Crippen LogP contribution in [0.2, 0.25) is 0 Å². The fourth-order valence-electron chi connectivity index (χ4n) is 7.51. The van der Waals surface area contributed by atoms with Crippen LogP contribution < -0.4 is 0 Å². The van der Waals surface area contributed by atoms with Gasteiger partial charge in [0.2, 0.25) is 0 Å². The molecule has 0 aliphatic heterocycles. The monoisotopic (exact) mass is 873 g/mol. The van der Waals surface area contributed by atoms with Gasteiger partial charge in [0.25, 0.3) is 0 Å². The second kappa shape index (κ2) is 44.9. The van der Waals surface area contributed by atoms with Gasteiger partial charge in [-0.15, -0.1) is 0 Å². The average molecular weight is 873 g/mol. The molecule has 8 heteroatoms. The van der Waals surface area contributed by atoms with Crippen LogP contribution in [0.1, 0.15) is 226 Å². The zero-order valence-corrected chi connectivity index (χ0v) is 41.1. The molecule has 0 bridgehead atoms. The zero-order chi connectivity index (χ0) is 45.6. The quantitative estimate of drug-likeness (QED) is 0.0281. The third-order valence-corrected chi connectivity index (χ3v) is 11.5. The molecule has 0 heterocycles. The van der Waals surface area contributed by atoms with Gasteiger partial charge < -0.3 is 23.8 Å². The second-order valence-electron chi connectivity index (χ2n) is 18.4. The first-order valence-electron chi connectivity index (χ1n) is 25.7.